The fourth-order valence-electron chi connectivity index (χ4n) is 3.24. The summed E-state index contributed by atoms with van der Waals surface area (Å²) in [5.74, 6) is 1.51. The summed E-state index contributed by atoms with van der Waals surface area (Å²) < 4.78 is 12.0. The highest BCUT2D eigenvalue weighted by Gasteiger charge is 2.35. The minimum absolute atomic E-state index is 0.0249. The van der Waals surface area contributed by atoms with Crippen LogP contribution in [0.15, 0.2) is 18.2 Å². The number of ether oxygens (including phenoxy) is 2. The Morgan fingerprint density at radius 1 is 1.33 bits per heavy atom. The molecule has 1 amide bonds. The van der Waals surface area contributed by atoms with E-state index in [9.17, 15) is 15.0 Å². The second-order valence-electron chi connectivity index (χ2n) is 6.50. The van der Waals surface area contributed by atoms with Gasteiger partial charge < -0.3 is 29.6 Å². The lowest BCUT2D eigenvalue weighted by molar-refractivity contribution is 0.0905. The highest BCUT2D eigenvalue weighted by Crippen LogP contribution is 2.36. The molecular weight excluding hydrogens is 352 g/mol. The molecule has 0 atom stereocenters. The van der Waals surface area contributed by atoms with Crippen molar-refractivity contribution in [1.82, 2.24) is 20.1 Å². The Kier molecular flexibility index (Phi) is 5.92. The zero-order valence-corrected chi connectivity index (χ0v) is 15.4. The maximum Gasteiger partial charge on any atom is 0.251 e. The second-order valence-corrected chi connectivity index (χ2v) is 6.50. The van der Waals surface area contributed by atoms with Gasteiger partial charge in [0.15, 0.2) is 17.3 Å². The molecular formula is C18H24N4O5. The average Bonchev–Trinajstić information content (AvgIpc) is 3.04. The number of phenolic OH excluding ortho intramolecular Hbond substituents is 1. The van der Waals surface area contributed by atoms with E-state index in [0.717, 1.165) is 18.7 Å². The van der Waals surface area contributed by atoms with Crippen LogP contribution in [-0.4, -0.2) is 57.8 Å². The molecule has 0 saturated heterocycles. The van der Waals surface area contributed by atoms with Gasteiger partial charge in [-0.3, -0.25) is 4.79 Å². The summed E-state index contributed by atoms with van der Waals surface area (Å²) >= 11 is 0. The van der Waals surface area contributed by atoms with Crippen molar-refractivity contribution in [2.45, 2.75) is 38.0 Å². The predicted molar refractivity (Wildman–Crippen MR) is 95.7 cm³/mol. The van der Waals surface area contributed by atoms with Crippen molar-refractivity contribution in [3.8, 4) is 11.5 Å². The number of methoxy groups -OCH3 is 2. The Balaban J connectivity index is 1.59. The maximum atomic E-state index is 12.4. The average molecular weight is 376 g/mol. The quantitative estimate of drug-likeness (QED) is 0.624. The number of phenols is 1. The lowest BCUT2D eigenvalue weighted by Gasteiger charge is -2.35. The molecule has 0 spiro atoms. The van der Waals surface area contributed by atoms with Gasteiger partial charge >= 0.3 is 0 Å². The van der Waals surface area contributed by atoms with E-state index >= 15 is 0 Å². The normalized spacial score (nSPS) is 18.8. The van der Waals surface area contributed by atoms with E-state index in [1.165, 1.54) is 13.2 Å². The van der Waals surface area contributed by atoms with Crippen LogP contribution < -0.4 is 10.1 Å². The van der Waals surface area contributed by atoms with Crippen molar-refractivity contribution in [2.24, 2.45) is 0 Å². The number of benzene rings is 1. The molecule has 146 valence electrons. The lowest BCUT2D eigenvalue weighted by atomic mass is 9.79. The van der Waals surface area contributed by atoms with Gasteiger partial charge in [-0.1, -0.05) is 0 Å². The SMILES string of the molecule is COCCn1c(CO)nnc1C1CC(NC(=O)c2ccc(OC)c(O)c2)C1. The zero-order chi connectivity index (χ0) is 19.4. The van der Waals surface area contributed by atoms with E-state index in [4.69, 9.17) is 9.47 Å². The van der Waals surface area contributed by atoms with E-state index in [1.54, 1.807) is 19.2 Å². The first kappa shape index (κ1) is 19.1. The van der Waals surface area contributed by atoms with Crippen LogP contribution in [0.4, 0.5) is 0 Å². The van der Waals surface area contributed by atoms with E-state index in [2.05, 4.69) is 15.5 Å². The summed E-state index contributed by atoms with van der Waals surface area (Å²) in [6, 6.07) is 4.58. The number of carbonyl (C=O) groups is 1. The van der Waals surface area contributed by atoms with Gasteiger partial charge in [-0.15, -0.1) is 10.2 Å². The Bertz CT molecular complexity index is 801. The minimum Gasteiger partial charge on any atom is -0.504 e. The molecule has 1 aliphatic carbocycles. The number of hydrogen-bond donors (Lipinski definition) is 3. The lowest BCUT2D eigenvalue weighted by Crippen LogP contribution is -2.44. The third-order valence-electron chi connectivity index (χ3n) is 4.80. The summed E-state index contributed by atoms with van der Waals surface area (Å²) in [6.07, 6.45) is 1.48. The first-order valence-corrected chi connectivity index (χ1v) is 8.77. The van der Waals surface area contributed by atoms with Crippen molar-refractivity contribution < 1.29 is 24.5 Å². The summed E-state index contributed by atoms with van der Waals surface area (Å²) in [6.45, 7) is 0.907. The van der Waals surface area contributed by atoms with Crippen LogP contribution in [-0.2, 0) is 17.9 Å². The van der Waals surface area contributed by atoms with E-state index < -0.39 is 0 Å². The van der Waals surface area contributed by atoms with Crippen LogP contribution in [0.1, 0.15) is 40.8 Å². The molecule has 1 aliphatic rings. The van der Waals surface area contributed by atoms with E-state index in [-0.39, 0.29) is 30.2 Å². The van der Waals surface area contributed by atoms with Gasteiger partial charge in [0, 0.05) is 31.2 Å². The molecule has 9 nitrogen and oxygen atoms in total. The van der Waals surface area contributed by atoms with Gasteiger partial charge in [-0.25, -0.2) is 0 Å². The Morgan fingerprint density at radius 3 is 2.74 bits per heavy atom. The standard InChI is InChI=1S/C18H24N4O5/c1-26-6-5-22-16(10-23)20-21-17(22)12-7-13(8-12)19-18(25)11-3-4-15(27-2)14(24)9-11/h3-4,9,12-13,23-24H,5-8,10H2,1-2H3,(H,19,25). The number of carbonyl (C=O) groups excluding carboxylic acids is 1. The molecule has 0 bridgehead atoms. The fourth-order valence-corrected chi connectivity index (χ4v) is 3.24. The molecule has 1 fully saturated rings. The fraction of sp³-hybridized carbons (Fsp3) is 0.500. The van der Waals surface area contributed by atoms with Gasteiger partial charge in [-0.05, 0) is 31.0 Å². The molecule has 0 unspecified atom stereocenters. The number of amides is 1. The Labute approximate surface area is 156 Å². The number of nitrogens with one attached hydrogen (secondary N) is 1. The van der Waals surface area contributed by atoms with Crippen LogP contribution in [0.25, 0.3) is 0 Å². The summed E-state index contributed by atoms with van der Waals surface area (Å²) in [5, 5.41) is 30.4. The summed E-state index contributed by atoms with van der Waals surface area (Å²) in [4.78, 5) is 12.4. The van der Waals surface area contributed by atoms with Crippen molar-refractivity contribution in [1.29, 1.82) is 0 Å². The van der Waals surface area contributed by atoms with E-state index in [1.807, 2.05) is 4.57 Å². The molecule has 3 N–H and O–H groups in total. The van der Waals surface area contributed by atoms with Crippen molar-refractivity contribution in [2.75, 3.05) is 20.8 Å². The van der Waals surface area contributed by atoms with Crippen molar-refractivity contribution in [3.63, 3.8) is 0 Å². The number of rotatable bonds is 8. The third kappa shape index (κ3) is 4.04. The molecule has 1 aromatic heterocycles. The van der Waals surface area contributed by atoms with E-state index in [0.29, 0.717) is 30.3 Å². The molecule has 0 radical (unpaired) electrons. The Hall–Kier alpha value is -2.65. The minimum atomic E-state index is -0.242. The van der Waals surface area contributed by atoms with Crippen molar-refractivity contribution in [3.05, 3.63) is 35.4 Å². The second kappa shape index (κ2) is 8.36. The highest BCUT2D eigenvalue weighted by molar-refractivity contribution is 5.95. The maximum absolute atomic E-state index is 12.4. The monoisotopic (exact) mass is 376 g/mol. The molecule has 0 aliphatic heterocycles. The van der Waals surface area contributed by atoms with Crippen LogP contribution >= 0.6 is 0 Å². The predicted octanol–water partition coefficient (Wildman–Crippen LogP) is 0.807. The largest absolute Gasteiger partial charge is 0.504 e. The van der Waals surface area contributed by atoms with Crippen LogP contribution in [0.3, 0.4) is 0 Å². The molecule has 1 aromatic carbocycles. The van der Waals surface area contributed by atoms with Crippen molar-refractivity contribution >= 4 is 5.91 Å². The number of aliphatic hydroxyl groups is 1. The topological polar surface area (TPSA) is 119 Å². The molecule has 9 heteroatoms. The van der Waals surface area contributed by atoms with Gasteiger partial charge in [0.2, 0.25) is 0 Å². The molecule has 27 heavy (non-hydrogen) atoms. The number of nitrogens with zero attached hydrogens (tertiary/aromatic N) is 3. The van der Waals surface area contributed by atoms with Crippen LogP contribution in [0.5, 0.6) is 11.5 Å². The summed E-state index contributed by atoms with van der Waals surface area (Å²) in [7, 11) is 3.07. The smallest absolute Gasteiger partial charge is 0.251 e. The van der Waals surface area contributed by atoms with Gasteiger partial charge in [-0.2, -0.15) is 0 Å². The number of aromatic nitrogens is 3. The number of aromatic hydroxyl groups is 1. The zero-order valence-electron chi connectivity index (χ0n) is 15.4. The highest BCUT2D eigenvalue weighted by atomic mass is 16.5. The number of aliphatic hydroxyl groups excluding tert-OH is 1. The first-order valence-electron chi connectivity index (χ1n) is 8.77. The van der Waals surface area contributed by atoms with Crippen LogP contribution in [0, 0.1) is 0 Å². The summed E-state index contributed by atoms with van der Waals surface area (Å²) in [5.41, 5.74) is 0.377. The Morgan fingerprint density at radius 2 is 2.11 bits per heavy atom. The molecule has 1 heterocycles. The molecule has 3 rings (SSSR count). The molecule has 2 aromatic rings. The van der Waals surface area contributed by atoms with Gasteiger partial charge in [0.05, 0.1) is 13.7 Å². The van der Waals surface area contributed by atoms with Crippen LogP contribution in [0.2, 0.25) is 0 Å². The third-order valence-corrected chi connectivity index (χ3v) is 4.80. The molecule has 1 saturated carbocycles. The van der Waals surface area contributed by atoms with Gasteiger partial charge in [0.1, 0.15) is 12.4 Å². The van der Waals surface area contributed by atoms with Gasteiger partial charge in [0.25, 0.3) is 5.91 Å². The first-order chi connectivity index (χ1) is 13.1. The number of hydrogen-bond acceptors (Lipinski definition) is 7.